The maximum Gasteiger partial charge on any atom is 0.128 e. The first-order valence-electron chi connectivity index (χ1n) is 27.0. The number of ether oxygens (including phenoxy) is 1. The van der Waals surface area contributed by atoms with Crippen molar-refractivity contribution in [3.63, 3.8) is 0 Å². The molecular weight excluding hydrogens is 913 g/mol. The Morgan fingerprint density at radius 1 is 0.418 bits per heavy atom. The Morgan fingerprint density at radius 3 is 1.34 bits per heavy atom. The number of benzene rings is 2. The summed E-state index contributed by atoms with van der Waals surface area (Å²) in [6.45, 7) is 14.3. The standard InChI is InChI=1S/C59H82N2OS5/c1-7-10-13-16-19-21-23-25-27-30-33-45-47-40-52(49-36-35-42(4)63-49)65-58(47)46(34-31-28-26-24-22-20-17-14-11-8-2)48-41-53(66-59(45)48)50-37-38-51(64-50)54-43(5)57(44(6)55-56(54)61-67-60-55)62-39-32-29-18-15-12-9-3/h35-38,40-41H,7-34,39H2,1-6H3. The van der Waals surface area contributed by atoms with Crippen LogP contribution in [0.2, 0.25) is 0 Å². The molecule has 0 amide bonds. The van der Waals surface area contributed by atoms with E-state index in [0.717, 1.165) is 48.2 Å². The van der Waals surface area contributed by atoms with Crippen LogP contribution < -0.4 is 4.74 Å². The van der Waals surface area contributed by atoms with E-state index in [1.165, 1.54) is 218 Å². The molecule has 3 nitrogen and oxygen atoms in total. The summed E-state index contributed by atoms with van der Waals surface area (Å²) in [7, 11) is 0. The Kier molecular flexibility index (Phi) is 21.6. The predicted octanol–water partition coefficient (Wildman–Crippen LogP) is 21.8. The molecule has 0 atom stereocenters. The molecule has 0 aliphatic heterocycles. The Morgan fingerprint density at radius 2 is 0.851 bits per heavy atom. The van der Waals surface area contributed by atoms with Gasteiger partial charge in [0, 0.05) is 55.4 Å². The van der Waals surface area contributed by atoms with Gasteiger partial charge in [0.05, 0.1) is 18.3 Å². The van der Waals surface area contributed by atoms with Gasteiger partial charge in [0.2, 0.25) is 0 Å². The van der Waals surface area contributed by atoms with Crippen molar-refractivity contribution in [1.29, 1.82) is 0 Å². The molecule has 8 heteroatoms. The van der Waals surface area contributed by atoms with Crippen molar-refractivity contribution in [3.05, 3.63) is 63.5 Å². The van der Waals surface area contributed by atoms with Crippen LogP contribution in [0.15, 0.2) is 36.4 Å². The van der Waals surface area contributed by atoms with Crippen LogP contribution in [0.25, 0.3) is 61.2 Å². The van der Waals surface area contributed by atoms with Crippen LogP contribution in [0.5, 0.6) is 5.75 Å². The van der Waals surface area contributed by atoms with E-state index < -0.39 is 0 Å². The van der Waals surface area contributed by atoms with Crippen LogP contribution in [0.3, 0.4) is 0 Å². The maximum absolute atomic E-state index is 6.64. The van der Waals surface area contributed by atoms with Gasteiger partial charge in [-0.25, -0.2) is 0 Å². The second-order valence-corrected chi connectivity index (χ2v) is 24.6. The van der Waals surface area contributed by atoms with E-state index in [-0.39, 0.29) is 0 Å². The van der Waals surface area contributed by atoms with E-state index in [1.54, 1.807) is 25.9 Å². The minimum Gasteiger partial charge on any atom is -0.493 e. The number of aromatic nitrogens is 2. The Balaban J connectivity index is 1.18. The summed E-state index contributed by atoms with van der Waals surface area (Å²) in [5.74, 6) is 1.01. The number of hydrogen-bond acceptors (Lipinski definition) is 8. The highest BCUT2D eigenvalue weighted by Gasteiger charge is 2.24. The minimum absolute atomic E-state index is 0.753. The van der Waals surface area contributed by atoms with E-state index in [9.17, 15) is 0 Å². The first-order chi connectivity index (χ1) is 32.9. The van der Waals surface area contributed by atoms with Crippen LogP contribution >= 0.6 is 57.1 Å². The van der Waals surface area contributed by atoms with Gasteiger partial charge in [-0.1, -0.05) is 168 Å². The molecule has 7 rings (SSSR count). The molecule has 67 heavy (non-hydrogen) atoms. The van der Waals surface area contributed by atoms with Gasteiger partial charge < -0.3 is 4.74 Å². The van der Waals surface area contributed by atoms with Gasteiger partial charge in [0.25, 0.3) is 0 Å². The van der Waals surface area contributed by atoms with Crippen molar-refractivity contribution in [1.82, 2.24) is 8.75 Å². The van der Waals surface area contributed by atoms with Crippen molar-refractivity contribution in [3.8, 4) is 35.7 Å². The molecule has 364 valence electrons. The van der Waals surface area contributed by atoms with Crippen LogP contribution in [0.1, 0.15) is 215 Å². The molecule has 7 aromatic rings. The summed E-state index contributed by atoms with van der Waals surface area (Å²) in [5, 5.41) is 3.07. The monoisotopic (exact) mass is 995 g/mol. The van der Waals surface area contributed by atoms with Gasteiger partial charge in [0.1, 0.15) is 16.8 Å². The van der Waals surface area contributed by atoms with Gasteiger partial charge >= 0.3 is 0 Å². The average Bonchev–Trinajstić information content (AvgIpc) is 4.20. The fourth-order valence-electron chi connectivity index (χ4n) is 10.3. The molecule has 5 aromatic heterocycles. The number of rotatable bonds is 33. The third-order valence-electron chi connectivity index (χ3n) is 14.2. The van der Waals surface area contributed by atoms with E-state index in [4.69, 9.17) is 13.5 Å². The quantitative estimate of drug-likeness (QED) is 0.0385. The molecule has 2 aromatic carbocycles. The normalized spacial score (nSPS) is 12.0. The predicted molar refractivity (Wildman–Crippen MR) is 304 cm³/mol. The smallest absolute Gasteiger partial charge is 0.128 e. The number of nitrogens with zero attached hydrogens (tertiary/aromatic N) is 2. The first-order valence-corrected chi connectivity index (χ1v) is 31.0. The Bertz CT molecular complexity index is 2470. The Labute approximate surface area is 425 Å². The van der Waals surface area contributed by atoms with Crippen molar-refractivity contribution in [2.45, 2.75) is 221 Å². The topological polar surface area (TPSA) is 35.0 Å². The van der Waals surface area contributed by atoms with Crippen LogP contribution in [-0.2, 0) is 12.8 Å². The molecule has 0 bridgehead atoms. The summed E-state index contributed by atoms with van der Waals surface area (Å²) in [4.78, 5) is 8.30. The lowest BCUT2D eigenvalue weighted by molar-refractivity contribution is 0.301. The summed E-state index contributed by atoms with van der Waals surface area (Å²) >= 11 is 9.35. The molecule has 0 unspecified atom stereocenters. The molecule has 0 radical (unpaired) electrons. The van der Waals surface area contributed by atoms with Gasteiger partial charge in [-0.05, 0) is 111 Å². The van der Waals surface area contributed by atoms with Gasteiger partial charge in [-0.15, -0.1) is 45.3 Å². The van der Waals surface area contributed by atoms with Crippen molar-refractivity contribution in [2.24, 2.45) is 0 Å². The van der Waals surface area contributed by atoms with Gasteiger partial charge in [0.15, 0.2) is 0 Å². The molecule has 0 spiro atoms. The highest BCUT2D eigenvalue weighted by Crippen LogP contribution is 2.50. The second kappa shape index (κ2) is 27.7. The van der Waals surface area contributed by atoms with E-state index in [2.05, 4.69) is 101 Å². The fraction of sp³-hybridized carbons (Fsp3) is 0.593. The molecular formula is C59H82N2OS5. The molecule has 0 saturated carbocycles. The zero-order chi connectivity index (χ0) is 46.8. The number of thiophene rings is 4. The fourth-order valence-corrected chi connectivity index (χ4v) is 15.6. The number of unbranched alkanes of at least 4 members (excludes halogenated alkanes) is 23. The average molecular weight is 996 g/mol. The highest BCUT2D eigenvalue weighted by molar-refractivity contribution is 7.28. The third-order valence-corrected chi connectivity index (χ3v) is 19.6. The summed E-state index contributed by atoms with van der Waals surface area (Å²) in [6, 6.07) is 14.6. The lowest BCUT2D eigenvalue weighted by atomic mass is 9.94. The minimum atomic E-state index is 0.753. The zero-order valence-electron chi connectivity index (χ0n) is 42.3. The zero-order valence-corrected chi connectivity index (χ0v) is 46.4. The largest absolute Gasteiger partial charge is 0.493 e. The van der Waals surface area contributed by atoms with Gasteiger partial charge in [-0.3, -0.25) is 0 Å². The lowest BCUT2D eigenvalue weighted by Crippen LogP contribution is -2.02. The molecule has 0 aliphatic rings. The third kappa shape index (κ3) is 14.0. The molecule has 0 aliphatic carbocycles. The summed E-state index contributed by atoms with van der Waals surface area (Å²) in [6.07, 6.45) is 37.3. The molecule has 0 saturated heterocycles. The van der Waals surface area contributed by atoms with E-state index in [0.29, 0.717) is 0 Å². The molecule has 0 N–H and O–H groups in total. The number of aryl methyl sites for hydroxylation is 4. The number of hydrogen-bond donors (Lipinski definition) is 0. The second-order valence-electron chi connectivity index (χ2n) is 19.6. The molecule has 0 fully saturated rings. The van der Waals surface area contributed by atoms with Gasteiger partial charge in [-0.2, -0.15) is 8.75 Å². The van der Waals surface area contributed by atoms with Crippen molar-refractivity contribution >= 4 is 88.3 Å². The van der Waals surface area contributed by atoms with Crippen LogP contribution in [0.4, 0.5) is 0 Å². The summed E-state index contributed by atoms with van der Waals surface area (Å²) < 4.78 is 19.5. The first kappa shape index (κ1) is 52.2. The van der Waals surface area contributed by atoms with Crippen molar-refractivity contribution < 1.29 is 4.74 Å². The lowest BCUT2D eigenvalue weighted by Gasteiger charge is -2.16. The van der Waals surface area contributed by atoms with E-state index >= 15 is 0 Å². The summed E-state index contributed by atoms with van der Waals surface area (Å²) in [5.41, 5.74) is 8.75. The molecule has 5 heterocycles. The van der Waals surface area contributed by atoms with E-state index in [1.807, 2.05) is 22.7 Å². The number of fused-ring (bicyclic) bond motifs is 3. The van der Waals surface area contributed by atoms with Crippen LogP contribution in [-0.4, -0.2) is 15.4 Å². The Hall–Kier alpha value is -2.62. The SMILES string of the molecule is CCCCCCCCCCCCc1c2cc(-c3ccc(-c4c(C)c(OCCCCCCCC)c(C)c5nsnc45)s3)sc2c(CCCCCCCCCCCC)c2cc(-c3ccc(C)s3)sc12. The maximum atomic E-state index is 6.64. The van der Waals surface area contributed by atoms with Crippen molar-refractivity contribution in [2.75, 3.05) is 6.61 Å². The highest BCUT2D eigenvalue weighted by atomic mass is 32.1. The van der Waals surface area contributed by atoms with Crippen LogP contribution in [0, 0.1) is 20.8 Å².